The largest absolute Gasteiger partial charge is 0.468 e. The second kappa shape index (κ2) is 17.0. The number of hydrogen-bond acceptors (Lipinski definition) is 9. The summed E-state index contributed by atoms with van der Waals surface area (Å²) in [7, 11) is 1.30. The Morgan fingerprint density at radius 2 is 1.32 bits per heavy atom. The van der Waals surface area contributed by atoms with E-state index < -0.39 is 30.1 Å². The lowest BCUT2D eigenvalue weighted by atomic mass is 9.98. The fraction of sp³-hybridized carbons (Fsp3) is 0.677. The monoisotopic (exact) mass is 563 g/mol. The van der Waals surface area contributed by atoms with Crippen LogP contribution in [0.5, 0.6) is 11.5 Å². The van der Waals surface area contributed by atoms with Gasteiger partial charge in [-0.1, -0.05) is 61.5 Å². The molecule has 0 aliphatic rings. The molecule has 0 saturated heterocycles. The van der Waals surface area contributed by atoms with E-state index in [9.17, 15) is 19.2 Å². The van der Waals surface area contributed by atoms with E-state index in [1.54, 1.807) is 39.0 Å². The van der Waals surface area contributed by atoms with Gasteiger partial charge in [-0.3, -0.25) is 19.2 Å². The average molecular weight is 564 g/mol. The predicted octanol–water partition coefficient (Wildman–Crippen LogP) is 5.12. The average Bonchev–Trinajstić information content (AvgIpc) is 2.89. The highest BCUT2D eigenvalue weighted by atomic mass is 16.6. The maximum absolute atomic E-state index is 12.8. The van der Waals surface area contributed by atoms with E-state index in [0.717, 1.165) is 6.42 Å². The van der Waals surface area contributed by atoms with Gasteiger partial charge in [0.25, 0.3) is 0 Å². The third kappa shape index (κ3) is 12.1. The van der Waals surface area contributed by atoms with Crippen LogP contribution in [0.25, 0.3) is 0 Å². The summed E-state index contributed by atoms with van der Waals surface area (Å²) in [5.41, 5.74) is 0.654. The number of benzene rings is 1. The van der Waals surface area contributed by atoms with Crippen LogP contribution >= 0.6 is 0 Å². The Morgan fingerprint density at radius 1 is 0.775 bits per heavy atom. The van der Waals surface area contributed by atoms with Gasteiger partial charge in [0, 0.05) is 13.0 Å². The molecule has 1 N–H and O–H groups in total. The number of hydrogen-bond donors (Lipinski definition) is 1. The van der Waals surface area contributed by atoms with Crippen molar-refractivity contribution in [2.75, 3.05) is 13.7 Å². The molecule has 3 unspecified atom stereocenters. The lowest BCUT2D eigenvalue weighted by Gasteiger charge is -2.21. The topological polar surface area (TPSA) is 117 Å². The Bertz CT molecular complexity index is 988. The van der Waals surface area contributed by atoms with E-state index >= 15 is 0 Å². The van der Waals surface area contributed by atoms with Crippen LogP contribution in [-0.2, 0) is 35.1 Å². The van der Waals surface area contributed by atoms with Crippen LogP contribution in [-0.4, -0.2) is 49.7 Å². The summed E-state index contributed by atoms with van der Waals surface area (Å²) in [6, 6.07) is 4.12. The molecule has 0 bridgehead atoms. The molecule has 4 atom stereocenters. The molecule has 0 spiro atoms. The molecule has 226 valence electrons. The fourth-order valence-corrected chi connectivity index (χ4v) is 3.45. The second-order valence-corrected chi connectivity index (χ2v) is 11.6. The first-order chi connectivity index (χ1) is 18.7. The van der Waals surface area contributed by atoms with E-state index in [4.69, 9.17) is 18.9 Å². The van der Waals surface area contributed by atoms with Crippen LogP contribution in [0.4, 0.5) is 0 Å². The first-order valence-corrected chi connectivity index (χ1v) is 14.2. The van der Waals surface area contributed by atoms with Crippen molar-refractivity contribution in [1.29, 1.82) is 0 Å². The molecule has 0 fully saturated rings. The van der Waals surface area contributed by atoms with Crippen LogP contribution < -0.4 is 14.8 Å². The second-order valence-electron chi connectivity index (χ2n) is 11.6. The third-order valence-corrected chi connectivity index (χ3v) is 7.01. The molecule has 1 rings (SSSR count). The Kier molecular flexibility index (Phi) is 14.9. The number of ether oxygens (including phenoxy) is 4. The Morgan fingerprint density at radius 3 is 1.82 bits per heavy atom. The quantitative estimate of drug-likeness (QED) is 0.216. The molecule has 0 saturated carbocycles. The Balaban J connectivity index is 3.11. The zero-order chi connectivity index (χ0) is 30.6. The van der Waals surface area contributed by atoms with Gasteiger partial charge in [-0.15, -0.1) is 0 Å². The first-order valence-electron chi connectivity index (χ1n) is 14.2. The molecule has 0 aromatic heterocycles. The van der Waals surface area contributed by atoms with Crippen molar-refractivity contribution >= 4 is 23.9 Å². The third-order valence-electron chi connectivity index (χ3n) is 7.01. The fourth-order valence-electron chi connectivity index (χ4n) is 3.45. The molecule has 0 amide bonds. The van der Waals surface area contributed by atoms with Gasteiger partial charge < -0.3 is 24.3 Å². The highest BCUT2D eigenvalue weighted by molar-refractivity contribution is 5.79. The minimum absolute atomic E-state index is 0.0528. The van der Waals surface area contributed by atoms with Crippen molar-refractivity contribution in [3.63, 3.8) is 0 Å². The lowest BCUT2D eigenvalue weighted by Crippen LogP contribution is -2.43. The molecule has 40 heavy (non-hydrogen) atoms. The van der Waals surface area contributed by atoms with Gasteiger partial charge in [0.05, 0.1) is 18.9 Å². The van der Waals surface area contributed by atoms with Crippen LogP contribution in [0.15, 0.2) is 18.2 Å². The Labute approximate surface area is 239 Å². The normalized spacial score (nSPS) is 14.4. The van der Waals surface area contributed by atoms with Crippen LogP contribution in [0.2, 0.25) is 0 Å². The molecular formula is C31H49NO8. The van der Waals surface area contributed by atoms with Crippen molar-refractivity contribution in [3.8, 4) is 11.5 Å². The van der Waals surface area contributed by atoms with Gasteiger partial charge in [-0.25, -0.2) is 0 Å². The minimum atomic E-state index is -0.755. The standard InChI is InChI=1S/C31H49NO8/c1-18(2)11-14-28(33)38-21(7)17-32-25(31(36)37-10)15-24-12-13-26(39-29(34)22(8)19(3)4)27(16-24)40-30(35)23(9)20(5)6/h12-13,16,18-23,25,32H,11,14-15,17H2,1-10H3/t21?,22?,23?,25-/m0/s1. The van der Waals surface area contributed by atoms with Gasteiger partial charge in [0.1, 0.15) is 12.1 Å². The van der Waals surface area contributed by atoms with Crippen LogP contribution in [0, 0.1) is 29.6 Å². The summed E-state index contributed by atoms with van der Waals surface area (Å²) < 4.78 is 21.7. The molecule has 0 radical (unpaired) electrons. The van der Waals surface area contributed by atoms with Crippen molar-refractivity contribution in [3.05, 3.63) is 23.8 Å². The van der Waals surface area contributed by atoms with Crippen LogP contribution in [0.3, 0.4) is 0 Å². The molecule has 0 aliphatic heterocycles. The number of methoxy groups -OCH3 is 1. The summed E-state index contributed by atoms with van der Waals surface area (Å²) in [5, 5.41) is 3.11. The van der Waals surface area contributed by atoms with E-state index in [2.05, 4.69) is 5.32 Å². The summed E-state index contributed by atoms with van der Waals surface area (Å²) in [6.07, 6.45) is 0.827. The molecule has 0 heterocycles. The minimum Gasteiger partial charge on any atom is -0.468 e. The van der Waals surface area contributed by atoms with Gasteiger partial charge in [0.2, 0.25) is 0 Å². The van der Waals surface area contributed by atoms with Gasteiger partial charge in [-0.05, 0) is 55.2 Å². The van der Waals surface area contributed by atoms with Crippen molar-refractivity contribution in [1.82, 2.24) is 5.32 Å². The zero-order valence-corrected chi connectivity index (χ0v) is 25.9. The highest BCUT2D eigenvalue weighted by Crippen LogP contribution is 2.31. The number of carbonyl (C=O) groups is 4. The zero-order valence-electron chi connectivity index (χ0n) is 25.9. The first kappa shape index (κ1) is 35.1. The van der Waals surface area contributed by atoms with Gasteiger partial charge in [-0.2, -0.15) is 0 Å². The van der Waals surface area contributed by atoms with Crippen molar-refractivity contribution < 1.29 is 38.1 Å². The number of carbonyl (C=O) groups excluding carboxylic acids is 4. The molecule has 9 nitrogen and oxygen atoms in total. The van der Waals surface area contributed by atoms with Crippen molar-refractivity contribution in [2.24, 2.45) is 29.6 Å². The number of nitrogens with one attached hydrogen (secondary N) is 1. The summed E-state index contributed by atoms with van der Waals surface area (Å²) in [6.45, 7) is 17.3. The number of esters is 4. The lowest BCUT2D eigenvalue weighted by molar-refractivity contribution is -0.148. The molecule has 0 aliphatic carbocycles. The molecule has 1 aromatic rings. The molecule has 1 aromatic carbocycles. The SMILES string of the molecule is COC(=O)[C@H](Cc1ccc(OC(=O)C(C)C(C)C)c(OC(=O)C(C)C(C)C)c1)NCC(C)OC(=O)CCC(C)C. The van der Waals surface area contributed by atoms with E-state index in [1.807, 2.05) is 41.5 Å². The molecule has 9 heteroatoms. The highest BCUT2D eigenvalue weighted by Gasteiger charge is 2.26. The van der Waals surface area contributed by atoms with Gasteiger partial charge >= 0.3 is 23.9 Å². The van der Waals surface area contributed by atoms with Crippen molar-refractivity contribution in [2.45, 2.75) is 93.7 Å². The smallest absolute Gasteiger partial charge is 0.323 e. The molecular weight excluding hydrogens is 514 g/mol. The van der Waals surface area contributed by atoms with Gasteiger partial charge in [0.15, 0.2) is 11.5 Å². The summed E-state index contributed by atoms with van der Waals surface area (Å²) in [4.78, 5) is 50.1. The van der Waals surface area contributed by atoms with E-state index in [1.165, 1.54) is 7.11 Å². The van der Waals surface area contributed by atoms with E-state index in [-0.39, 0.29) is 54.1 Å². The number of rotatable bonds is 16. The maximum Gasteiger partial charge on any atom is 0.323 e. The maximum atomic E-state index is 12.8. The van der Waals surface area contributed by atoms with E-state index in [0.29, 0.717) is 17.9 Å². The Hall–Kier alpha value is -2.94. The summed E-state index contributed by atoms with van der Waals surface area (Å²) in [5.74, 6) is -1.62. The van der Waals surface area contributed by atoms with Crippen LogP contribution in [0.1, 0.15) is 80.7 Å². The summed E-state index contributed by atoms with van der Waals surface area (Å²) >= 11 is 0. The predicted molar refractivity (Wildman–Crippen MR) is 153 cm³/mol.